The average molecular weight is 353 g/mol. The number of hydrogen-bond donors (Lipinski definition) is 1. The van der Waals surface area contributed by atoms with Gasteiger partial charge in [0.15, 0.2) is 5.82 Å². The molecular formula is C17H22ClFN4O. The molecule has 2 fully saturated rings. The third-order valence-corrected chi connectivity index (χ3v) is 5.08. The van der Waals surface area contributed by atoms with Crippen LogP contribution in [0.5, 0.6) is 0 Å². The highest BCUT2D eigenvalue weighted by Crippen LogP contribution is 2.39. The molecule has 1 saturated carbocycles. The van der Waals surface area contributed by atoms with Gasteiger partial charge in [-0.05, 0) is 56.3 Å². The molecule has 1 unspecified atom stereocenters. The van der Waals surface area contributed by atoms with Crippen LogP contribution >= 0.6 is 12.4 Å². The molecular weight excluding hydrogens is 331 g/mol. The molecule has 0 spiro atoms. The number of nitrogens with two attached hydrogens (primary N) is 1. The molecule has 1 aliphatic carbocycles. The van der Waals surface area contributed by atoms with Crippen LogP contribution in [0.3, 0.4) is 0 Å². The second kappa shape index (κ2) is 6.78. The number of halogens is 2. The van der Waals surface area contributed by atoms with E-state index in [1.807, 2.05) is 12.1 Å². The second-order valence-electron chi connectivity index (χ2n) is 6.72. The Morgan fingerprint density at radius 1 is 1.25 bits per heavy atom. The van der Waals surface area contributed by atoms with Gasteiger partial charge in [-0.15, -0.1) is 12.4 Å². The quantitative estimate of drug-likeness (QED) is 0.914. The zero-order valence-corrected chi connectivity index (χ0v) is 14.3. The van der Waals surface area contributed by atoms with E-state index < -0.39 is 0 Å². The first kappa shape index (κ1) is 17.3. The molecule has 24 heavy (non-hydrogen) atoms. The van der Waals surface area contributed by atoms with E-state index in [1.165, 1.54) is 12.1 Å². The van der Waals surface area contributed by atoms with Crippen LogP contribution in [0.25, 0.3) is 0 Å². The Hall–Kier alpha value is -1.50. The maximum absolute atomic E-state index is 13.0. The Balaban J connectivity index is 0.00000169. The van der Waals surface area contributed by atoms with Gasteiger partial charge in [0.2, 0.25) is 5.89 Å². The van der Waals surface area contributed by atoms with Crippen LogP contribution in [0.1, 0.15) is 55.4 Å². The monoisotopic (exact) mass is 352 g/mol. The molecule has 1 atom stereocenters. The van der Waals surface area contributed by atoms with Crippen molar-refractivity contribution in [3.63, 3.8) is 0 Å². The van der Waals surface area contributed by atoms with E-state index in [-0.39, 0.29) is 29.8 Å². The minimum atomic E-state index is -0.387. The summed E-state index contributed by atoms with van der Waals surface area (Å²) >= 11 is 0. The smallest absolute Gasteiger partial charge is 0.244 e. The van der Waals surface area contributed by atoms with E-state index in [4.69, 9.17) is 10.3 Å². The predicted octanol–water partition coefficient (Wildman–Crippen LogP) is 3.31. The molecule has 2 aromatic rings. The summed E-state index contributed by atoms with van der Waals surface area (Å²) in [4.78, 5) is 6.90. The van der Waals surface area contributed by atoms with Crippen molar-refractivity contribution >= 4 is 12.4 Å². The number of benzene rings is 1. The third-order valence-electron chi connectivity index (χ3n) is 5.08. The highest BCUT2D eigenvalue weighted by atomic mass is 35.5. The molecule has 1 aliphatic heterocycles. The zero-order chi connectivity index (χ0) is 15.9. The fourth-order valence-electron chi connectivity index (χ4n) is 3.47. The fourth-order valence-corrected chi connectivity index (χ4v) is 3.47. The summed E-state index contributed by atoms with van der Waals surface area (Å²) in [7, 11) is 0. The van der Waals surface area contributed by atoms with Crippen LogP contribution in [0.4, 0.5) is 4.39 Å². The first-order valence-electron chi connectivity index (χ1n) is 8.25. The summed E-state index contributed by atoms with van der Waals surface area (Å²) in [6.07, 6.45) is 5.07. The highest BCUT2D eigenvalue weighted by Gasteiger charge is 2.40. The SMILES string of the molecule is Cl.NC1(c2noc(C3CCCN3Cc3ccc(F)cc3)n2)CCC1. The molecule has 1 saturated heterocycles. The minimum Gasteiger partial charge on any atom is -0.338 e. The summed E-state index contributed by atoms with van der Waals surface area (Å²) in [6.45, 7) is 1.74. The molecule has 7 heteroatoms. The maximum atomic E-state index is 13.0. The first-order valence-corrected chi connectivity index (χ1v) is 8.25. The number of nitrogens with zero attached hydrogens (tertiary/aromatic N) is 3. The van der Waals surface area contributed by atoms with Gasteiger partial charge in [0.05, 0.1) is 11.6 Å². The molecule has 1 aromatic carbocycles. The van der Waals surface area contributed by atoms with Crippen molar-refractivity contribution in [3.8, 4) is 0 Å². The van der Waals surface area contributed by atoms with E-state index >= 15 is 0 Å². The van der Waals surface area contributed by atoms with Crippen LogP contribution in [-0.4, -0.2) is 21.6 Å². The molecule has 2 N–H and O–H groups in total. The molecule has 4 rings (SSSR count). The number of hydrogen-bond acceptors (Lipinski definition) is 5. The van der Waals surface area contributed by atoms with Crippen LogP contribution in [0, 0.1) is 5.82 Å². The molecule has 1 aromatic heterocycles. The number of aromatic nitrogens is 2. The van der Waals surface area contributed by atoms with E-state index in [1.54, 1.807) is 0 Å². The Labute approximate surface area is 146 Å². The lowest BCUT2D eigenvalue weighted by atomic mass is 9.77. The van der Waals surface area contributed by atoms with E-state index in [0.717, 1.165) is 50.8 Å². The van der Waals surface area contributed by atoms with Crippen LogP contribution in [-0.2, 0) is 12.1 Å². The van der Waals surface area contributed by atoms with Gasteiger partial charge in [0, 0.05) is 6.54 Å². The van der Waals surface area contributed by atoms with E-state index in [0.29, 0.717) is 11.7 Å². The Kier molecular flexibility index (Phi) is 4.90. The zero-order valence-electron chi connectivity index (χ0n) is 13.4. The Bertz CT molecular complexity index is 686. The molecule has 2 aliphatic rings. The van der Waals surface area contributed by atoms with E-state index in [9.17, 15) is 4.39 Å². The van der Waals surface area contributed by atoms with Crippen molar-refractivity contribution in [2.45, 2.75) is 50.2 Å². The number of rotatable bonds is 4. The molecule has 0 bridgehead atoms. The lowest BCUT2D eigenvalue weighted by Crippen LogP contribution is -2.44. The van der Waals surface area contributed by atoms with Crippen LogP contribution in [0.2, 0.25) is 0 Å². The van der Waals surface area contributed by atoms with Gasteiger partial charge in [-0.25, -0.2) is 4.39 Å². The highest BCUT2D eigenvalue weighted by molar-refractivity contribution is 5.85. The predicted molar refractivity (Wildman–Crippen MR) is 90.0 cm³/mol. The summed E-state index contributed by atoms with van der Waals surface area (Å²) in [5.41, 5.74) is 6.98. The van der Waals surface area contributed by atoms with Gasteiger partial charge in [0.25, 0.3) is 0 Å². The Morgan fingerprint density at radius 2 is 2.00 bits per heavy atom. The van der Waals surface area contributed by atoms with Gasteiger partial charge in [0.1, 0.15) is 5.82 Å². The summed E-state index contributed by atoms with van der Waals surface area (Å²) in [6, 6.07) is 6.78. The fraction of sp³-hybridized carbons (Fsp3) is 0.529. The Morgan fingerprint density at radius 3 is 2.67 bits per heavy atom. The molecule has 2 heterocycles. The van der Waals surface area contributed by atoms with E-state index in [2.05, 4.69) is 15.0 Å². The van der Waals surface area contributed by atoms with Crippen molar-refractivity contribution in [3.05, 3.63) is 47.4 Å². The normalized spacial score (nSPS) is 22.8. The summed E-state index contributed by atoms with van der Waals surface area (Å²) in [5.74, 6) is 1.10. The minimum absolute atomic E-state index is 0. The second-order valence-corrected chi connectivity index (χ2v) is 6.72. The summed E-state index contributed by atoms with van der Waals surface area (Å²) < 4.78 is 18.6. The standard InChI is InChI=1S/C17H21FN4O.ClH/c18-13-6-4-12(5-7-13)11-22-10-1-3-14(22)15-20-16(21-23-15)17(19)8-2-9-17;/h4-7,14H,1-3,8-11,19H2;1H. The van der Waals surface area contributed by atoms with Gasteiger partial charge in [-0.2, -0.15) is 4.98 Å². The van der Waals surface area contributed by atoms with Gasteiger partial charge < -0.3 is 10.3 Å². The van der Waals surface area contributed by atoms with Crippen molar-refractivity contribution in [1.29, 1.82) is 0 Å². The van der Waals surface area contributed by atoms with Crippen molar-refractivity contribution in [2.75, 3.05) is 6.54 Å². The van der Waals surface area contributed by atoms with Gasteiger partial charge in [-0.1, -0.05) is 17.3 Å². The van der Waals surface area contributed by atoms with Crippen molar-refractivity contribution in [1.82, 2.24) is 15.0 Å². The van der Waals surface area contributed by atoms with Crippen molar-refractivity contribution < 1.29 is 8.91 Å². The molecule has 0 amide bonds. The lowest BCUT2D eigenvalue weighted by molar-refractivity contribution is 0.198. The van der Waals surface area contributed by atoms with Gasteiger partial charge >= 0.3 is 0 Å². The first-order chi connectivity index (χ1) is 11.1. The maximum Gasteiger partial charge on any atom is 0.244 e. The lowest BCUT2D eigenvalue weighted by Gasteiger charge is -2.34. The number of likely N-dealkylation sites (tertiary alicyclic amines) is 1. The molecule has 130 valence electrons. The average Bonchev–Trinajstić information content (AvgIpc) is 3.16. The largest absolute Gasteiger partial charge is 0.338 e. The summed E-state index contributed by atoms with van der Waals surface area (Å²) in [5, 5.41) is 4.12. The van der Waals surface area contributed by atoms with Crippen molar-refractivity contribution in [2.24, 2.45) is 5.73 Å². The topological polar surface area (TPSA) is 68.2 Å². The van der Waals surface area contributed by atoms with Gasteiger partial charge in [-0.3, -0.25) is 4.90 Å². The molecule has 0 radical (unpaired) electrons. The van der Waals surface area contributed by atoms with Crippen LogP contribution < -0.4 is 5.73 Å². The van der Waals surface area contributed by atoms with Crippen LogP contribution in [0.15, 0.2) is 28.8 Å². The molecule has 5 nitrogen and oxygen atoms in total. The third kappa shape index (κ3) is 3.18.